The third-order valence-corrected chi connectivity index (χ3v) is 3.61. The molecule has 24 heavy (non-hydrogen) atoms. The summed E-state index contributed by atoms with van der Waals surface area (Å²) in [5.74, 6) is -2.20. The molecule has 0 aliphatic rings. The predicted molar refractivity (Wildman–Crippen MR) is 84.3 cm³/mol. The largest absolute Gasteiger partial charge is 0.381 e. The van der Waals surface area contributed by atoms with Gasteiger partial charge in [-0.1, -0.05) is 6.07 Å². The second kappa shape index (κ2) is 7.31. The highest BCUT2D eigenvalue weighted by Gasteiger charge is 2.22. The fourth-order valence-corrected chi connectivity index (χ4v) is 2.34. The van der Waals surface area contributed by atoms with Gasteiger partial charge in [0.1, 0.15) is 11.6 Å². The van der Waals surface area contributed by atoms with Gasteiger partial charge in [0.2, 0.25) is 0 Å². The summed E-state index contributed by atoms with van der Waals surface area (Å²) in [5.41, 5.74) is -0.483. The average Bonchev–Trinajstić information content (AvgIpc) is 2.50. The molecule has 2 aromatic carbocycles. The summed E-state index contributed by atoms with van der Waals surface area (Å²) in [6.07, 6.45) is 0. The van der Waals surface area contributed by atoms with Gasteiger partial charge in [0.05, 0.1) is 22.7 Å². The monoisotopic (exact) mass is 339 g/mol. The van der Waals surface area contributed by atoms with Crippen LogP contribution in [0.5, 0.6) is 0 Å². The molecule has 0 heterocycles. The maximum atomic E-state index is 14.0. The molecular formula is C16H16F3N3O2. The van der Waals surface area contributed by atoms with E-state index in [0.717, 1.165) is 24.3 Å². The van der Waals surface area contributed by atoms with E-state index < -0.39 is 28.4 Å². The summed E-state index contributed by atoms with van der Waals surface area (Å²) in [4.78, 5) is 11.5. The van der Waals surface area contributed by atoms with Crippen LogP contribution in [0.2, 0.25) is 0 Å². The number of benzene rings is 2. The van der Waals surface area contributed by atoms with Gasteiger partial charge >= 0.3 is 0 Å². The Labute approximate surface area is 136 Å². The molecule has 0 radical (unpaired) electrons. The van der Waals surface area contributed by atoms with E-state index in [1.54, 1.807) is 19.0 Å². The molecule has 0 aromatic heterocycles. The second-order valence-electron chi connectivity index (χ2n) is 5.42. The van der Waals surface area contributed by atoms with Crippen LogP contribution in [0.15, 0.2) is 36.4 Å². The number of hydrogen-bond donors (Lipinski definition) is 1. The molecule has 1 atom stereocenters. The molecule has 0 aliphatic carbocycles. The van der Waals surface area contributed by atoms with Crippen molar-refractivity contribution in [3.63, 3.8) is 0 Å². The molecule has 0 saturated carbocycles. The Bertz CT molecular complexity index is 733. The highest BCUT2D eigenvalue weighted by Crippen LogP contribution is 2.26. The molecule has 1 N–H and O–H groups in total. The van der Waals surface area contributed by atoms with Crippen LogP contribution < -0.4 is 5.32 Å². The van der Waals surface area contributed by atoms with Crippen molar-refractivity contribution in [1.29, 1.82) is 0 Å². The maximum Gasteiger partial charge on any atom is 0.272 e. The number of nitrogens with one attached hydrogen (secondary N) is 1. The van der Waals surface area contributed by atoms with E-state index >= 15 is 0 Å². The lowest BCUT2D eigenvalue weighted by Crippen LogP contribution is -2.28. The zero-order valence-corrected chi connectivity index (χ0v) is 13.1. The predicted octanol–water partition coefficient (Wildman–Crippen LogP) is 3.73. The molecule has 0 spiro atoms. The van der Waals surface area contributed by atoms with E-state index in [-0.39, 0.29) is 23.5 Å². The van der Waals surface area contributed by atoms with Gasteiger partial charge in [0, 0.05) is 18.2 Å². The standard InChI is InChI=1S/C16H16F3N3O2/c1-21(2)15(16-11(17)4-3-5-12(16)18)9-20-14-7-6-10(22(23)24)8-13(14)19/h3-8,15,20H,9H2,1-2H3. The van der Waals surface area contributed by atoms with Crippen LogP contribution in [0.1, 0.15) is 11.6 Å². The van der Waals surface area contributed by atoms with Gasteiger partial charge < -0.3 is 10.2 Å². The van der Waals surface area contributed by atoms with Crippen LogP contribution in [0, 0.1) is 27.6 Å². The van der Waals surface area contributed by atoms with Crippen LogP contribution in [0.25, 0.3) is 0 Å². The van der Waals surface area contributed by atoms with Crippen molar-refractivity contribution in [2.75, 3.05) is 26.0 Å². The number of nitro groups is 1. The molecule has 5 nitrogen and oxygen atoms in total. The van der Waals surface area contributed by atoms with E-state index in [9.17, 15) is 23.3 Å². The van der Waals surface area contributed by atoms with E-state index in [1.807, 2.05) is 0 Å². The zero-order chi connectivity index (χ0) is 17.9. The van der Waals surface area contributed by atoms with Gasteiger partial charge in [0.25, 0.3) is 5.69 Å². The topological polar surface area (TPSA) is 58.4 Å². The van der Waals surface area contributed by atoms with Crippen LogP contribution in [0.3, 0.4) is 0 Å². The molecule has 0 aliphatic heterocycles. The Hall–Kier alpha value is -2.61. The van der Waals surface area contributed by atoms with Crippen molar-refractivity contribution in [3.05, 3.63) is 69.5 Å². The van der Waals surface area contributed by atoms with Gasteiger partial charge in [-0.05, 0) is 32.3 Å². The Balaban J connectivity index is 2.23. The van der Waals surface area contributed by atoms with Crippen molar-refractivity contribution in [1.82, 2.24) is 4.90 Å². The zero-order valence-electron chi connectivity index (χ0n) is 13.1. The van der Waals surface area contributed by atoms with Crippen LogP contribution >= 0.6 is 0 Å². The molecule has 0 fully saturated rings. The smallest absolute Gasteiger partial charge is 0.272 e. The Kier molecular flexibility index (Phi) is 5.40. The second-order valence-corrected chi connectivity index (χ2v) is 5.42. The molecular weight excluding hydrogens is 323 g/mol. The minimum Gasteiger partial charge on any atom is -0.381 e. The Morgan fingerprint density at radius 2 is 1.75 bits per heavy atom. The summed E-state index contributed by atoms with van der Waals surface area (Å²) >= 11 is 0. The first-order valence-electron chi connectivity index (χ1n) is 7.09. The summed E-state index contributed by atoms with van der Waals surface area (Å²) in [5, 5.41) is 13.3. The Morgan fingerprint density at radius 1 is 1.12 bits per heavy atom. The maximum absolute atomic E-state index is 14.0. The third kappa shape index (κ3) is 3.83. The SMILES string of the molecule is CN(C)C(CNc1ccc([N+](=O)[O-])cc1F)c1c(F)cccc1F. The van der Waals surface area contributed by atoms with Crippen molar-refractivity contribution < 1.29 is 18.1 Å². The number of nitro benzene ring substituents is 1. The number of halogens is 3. The average molecular weight is 339 g/mol. The number of likely N-dealkylation sites (N-methyl/N-ethyl adjacent to an activating group) is 1. The number of hydrogen-bond acceptors (Lipinski definition) is 4. The first-order valence-corrected chi connectivity index (χ1v) is 7.09. The number of nitrogens with zero attached hydrogens (tertiary/aromatic N) is 2. The molecule has 128 valence electrons. The van der Waals surface area contributed by atoms with Gasteiger partial charge in [0.15, 0.2) is 5.82 Å². The van der Waals surface area contributed by atoms with E-state index in [1.165, 1.54) is 12.1 Å². The molecule has 8 heteroatoms. The quantitative estimate of drug-likeness (QED) is 0.644. The highest BCUT2D eigenvalue weighted by molar-refractivity contribution is 5.50. The van der Waals surface area contributed by atoms with Crippen molar-refractivity contribution in [2.45, 2.75) is 6.04 Å². The fraction of sp³-hybridized carbons (Fsp3) is 0.250. The molecule has 1 unspecified atom stereocenters. The number of rotatable bonds is 6. The molecule has 2 rings (SSSR count). The minimum absolute atomic E-state index is 0.0135. The van der Waals surface area contributed by atoms with E-state index in [4.69, 9.17) is 0 Å². The number of non-ortho nitro benzene ring substituents is 1. The first-order chi connectivity index (χ1) is 11.3. The third-order valence-electron chi connectivity index (χ3n) is 3.61. The van der Waals surface area contributed by atoms with Crippen molar-refractivity contribution >= 4 is 11.4 Å². The molecule has 0 saturated heterocycles. The van der Waals surface area contributed by atoms with Crippen LogP contribution in [-0.4, -0.2) is 30.5 Å². The van der Waals surface area contributed by atoms with Gasteiger partial charge in [-0.15, -0.1) is 0 Å². The summed E-state index contributed by atoms with van der Waals surface area (Å²) in [6, 6.07) is 6.04. The highest BCUT2D eigenvalue weighted by atomic mass is 19.1. The lowest BCUT2D eigenvalue weighted by atomic mass is 10.0. The lowest BCUT2D eigenvalue weighted by Gasteiger charge is -2.26. The summed E-state index contributed by atoms with van der Waals surface area (Å²) < 4.78 is 41.8. The molecule has 0 bridgehead atoms. The van der Waals surface area contributed by atoms with Crippen molar-refractivity contribution in [2.24, 2.45) is 0 Å². The van der Waals surface area contributed by atoms with E-state index in [2.05, 4.69) is 5.32 Å². The molecule has 2 aromatic rings. The normalized spacial score (nSPS) is 12.2. The van der Waals surface area contributed by atoms with Crippen LogP contribution in [0.4, 0.5) is 24.5 Å². The van der Waals surface area contributed by atoms with Gasteiger partial charge in [-0.3, -0.25) is 10.1 Å². The fourth-order valence-electron chi connectivity index (χ4n) is 2.34. The van der Waals surface area contributed by atoms with E-state index in [0.29, 0.717) is 0 Å². The molecule has 0 amide bonds. The minimum atomic E-state index is -0.810. The number of anilines is 1. The lowest BCUT2D eigenvalue weighted by molar-refractivity contribution is -0.385. The van der Waals surface area contributed by atoms with Crippen molar-refractivity contribution in [3.8, 4) is 0 Å². The first kappa shape index (κ1) is 17.7. The van der Waals surface area contributed by atoms with Gasteiger partial charge in [-0.2, -0.15) is 0 Å². The summed E-state index contributed by atoms with van der Waals surface area (Å²) in [7, 11) is 3.29. The van der Waals surface area contributed by atoms with Gasteiger partial charge in [-0.25, -0.2) is 13.2 Å². The Morgan fingerprint density at radius 3 is 2.25 bits per heavy atom. The summed E-state index contributed by atoms with van der Waals surface area (Å²) in [6.45, 7) is 0.0135. The van der Waals surface area contributed by atoms with Crippen LogP contribution in [-0.2, 0) is 0 Å².